The fourth-order valence-electron chi connectivity index (χ4n) is 3.60. The van der Waals surface area contributed by atoms with Gasteiger partial charge in [0, 0.05) is 11.6 Å². The second-order valence-electron chi connectivity index (χ2n) is 11.2. The molecule has 0 saturated carbocycles. The van der Waals surface area contributed by atoms with Crippen LogP contribution in [-0.2, 0) is 14.3 Å². The molecule has 0 aliphatic heterocycles. The molecule has 0 heterocycles. The summed E-state index contributed by atoms with van der Waals surface area (Å²) in [4.78, 5) is 40.7. The molecule has 1 aromatic carbocycles. The van der Waals surface area contributed by atoms with E-state index in [0.29, 0.717) is 12.0 Å². The Morgan fingerprint density at radius 3 is 1.97 bits per heavy atom. The molecule has 0 aliphatic carbocycles. The predicted molar refractivity (Wildman–Crippen MR) is 135 cm³/mol. The van der Waals surface area contributed by atoms with Gasteiger partial charge in [-0.3, -0.25) is 14.5 Å². The van der Waals surface area contributed by atoms with Crippen LogP contribution in [0.15, 0.2) is 18.2 Å². The van der Waals surface area contributed by atoms with Gasteiger partial charge in [-0.1, -0.05) is 49.6 Å². The highest BCUT2D eigenvalue weighted by Crippen LogP contribution is 2.26. The van der Waals surface area contributed by atoms with E-state index in [1.807, 2.05) is 66.7 Å². The number of nitrogens with zero attached hydrogens (tertiary/aromatic N) is 1. The largest absolute Gasteiger partial charge is 0.444 e. The average molecular weight is 472 g/mol. The lowest BCUT2D eigenvalue weighted by Crippen LogP contribution is -2.53. The topological polar surface area (TPSA) is 87.7 Å². The van der Waals surface area contributed by atoms with E-state index in [1.54, 1.807) is 20.8 Å². The molecule has 1 rings (SSSR count). The minimum Gasteiger partial charge on any atom is -0.444 e. The molecule has 0 fully saturated rings. The number of hydrogen-bond donors (Lipinski definition) is 2. The van der Waals surface area contributed by atoms with Crippen molar-refractivity contribution in [3.05, 3.63) is 34.9 Å². The van der Waals surface area contributed by atoms with E-state index >= 15 is 0 Å². The molecule has 34 heavy (non-hydrogen) atoms. The lowest BCUT2D eigenvalue weighted by atomic mass is 9.96. The zero-order valence-corrected chi connectivity index (χ0v) is 22.3. The van der Waals surface area contributed by atoms with E-state index in [1.165, 1.54) is 0 Å². The van der Waals surface area contributed by atoms with Gasteiger partial charge in [-0.05, 0) is 73.3 Å². The Morgan fingerprint density at radius 1 is 1.03 bits per heavy atom. The summed E-state index contributed by atoms with van der Waals surface area (Å²) in [5.74, 6) is -0.869. The van der Waals surface area contributed by atoms with Crippen molar-refractivity contribution < 1.29 is 19.1 Å². The highest BCUT2D eigenvalue weighted by Gasteiger charge is 2.37. The van der Waals surface area contributed by atoms with Crippen molar-refractivity contribution in [2.75, 3.05) is 0 Å². The van der Waals surface area contributed by atoms with Gasteiger partial charge in [0.1, 0.15) is 17.7 Å². The fraction of sp³-hybridized carbons (Fsp3) is 0.593. The first-order chi connectivity index (χ1) is 15.4. The van der Waals surface area contributed by atoms with Gasteiger partial charge in [-0.15, -0.1) is 0 Å². The van der Waals surface area contributed by atoms with Crippen molar-refractivity contribution in [3.63, 3.8) is 0 Å². The van der Waals surface area contributed by atoms with Crippen molar-refractivity contribution in [2.45, 2.75) is 98.9 Å². The van der Waals surface area contributed by atoms with Gasteiger partial charge in [0.25, 0.3) is 5.91 Å². The molecule has 0 radical (unpaired) electrons. The summed E-state index contributed by atoms with van der Waals surface area (Å²) in [5, 5.41) is 5.59. The van der Waals surface area contributed by atoms with Gasteiger partial charge in [0.2, 0.25) is 5.91 Å². The van der Waals surface area contributed by atoms with Crippen LogP contribution in [0.25, 0.3) is 0 Å². The molecule has 2 N–H and O–H groups in total. The second-order valence-corrected chi connectivity index (χ2v) is 11.2. The lowest BCUT2D eigenvalue weighted by molar-refractivity contribution is -0.139. The maximum Gasteiger partial charge on any atom is 0.408 e. The van der Waals surface area contributed by atoms with Crippen LogP contribution in [0.2, 0.25) is 0 Å². The number of terminal acetylenes is 1. The Kier molecular flexibility index (Phi) is 9.74. The van der Waals surface area contributed by atoms with Gasteiger partial charge in [0.05, 0.1) is 0 Å². The SMILES string of the molecule is C#CN(C(=O)C(CC(C)C)NC(=O)OC(C)(C)C)C(C(=O)NC(C)(C)C)c1cc(C)cc(C)c1. The highest BCUT2D eigenvalue weighted by atomic mass is 16.6. The number of benzene rings is 1. The number of ether oxygens (including phenoxy) is 1. The molecule has 3 amide bonds. The maximum atomic E-state index is 13.7. The van der Waals surface area contributed by atoms with Gasteiger partial charge < -0.3 is 15.4 Å². The monoisotopic (exact) mass is 471 g/mol. The number of hydrogen-bond acceptors (Lipinski definition) is 4. The van der Waals surface area contributed by atoms with Gasteiger partial charge in [-0.2, -0.15) is 0 Å². The molecular formula is C27H41N3O4. The van der Waals surface area contributed by atoms with Crippen LogP contribution in [0.3, 0.4) is 0 Å². The van der Waals surface area contributed by atoms with Crippen LogP contribution < -0.4 is 10.6 Å². The number of carbonyl (C=O) groups is 3. The summed E-state index contributed by atoms with van der Waals surface area (Å²) in [6.07, 6.45) is 5.43. The molecule has 0 aliphatic rings. The first-order valence-electron chi connectivity index (χ1n) is 11.6. The Hall–Kier alpha value is -3.01. The van der Waals surface area contributed by atoms with E-state index < -0.39 is 41.1 Å². The van der Waals surface area contributed by atoms with Crippen molar-refractivity contribution >= 4 is 17.9 Å². The summed E-state index contributed by atoms with van der Waals surface area (Å²) in [6.45, 7) is 18.5. The van der Waals surface area contributed by atoms with Gasteiger partial charge >= 0.3 is 6.09 Å². The number of carbonyl (C=O) groups excluding carboxylic acids is 3. The predicted octanol–water partition coefficient (Wildman–Crippen LogP) is 4.62. The van der Waals surface area contributed by atoms with Crippen LogP contribution in [0, 0.1) is 32.2 Å². The van der Waals surface area contributed by atoms with E-state index in [9.17, 15) is 14.4 Å². The molecule has 2 unspecified atom stereocenters. The van der Waals surface area contributed by atoms with E-state index in [2.05, 4.69) is 16.7 Å². The molecule has 0 bridgehead atoms. The number of amides is 3. The average Bonchev–Trinajstić information content (AvgIpc) is 2.60. The molecule has 0 saturated heterocycles. The van der Waals surface area contributed by atoms with Crippen LogP contribution in [0.5, 0.6) is 0 Å². The standard InChI is InChI=1S/C27H41N3O4/c1-12-30(24(32)21(13-17(2)3)28-25(33)34-27(9,10)11)22(23(31)29-26(6,7)8)20-15-18(4)14-19(5)16-20/h1,14-17,21-22H,13H2,2-11H3,(H,28,33)(H,29,31). The molecular weight excluding hydrogens is 430 g/mol. The number of rotatable bonds is 7. The summed E-state index contributed by atoms with van der Waals surface area (Å²) < 4.78 is 5.35. The summed E-state index contributed by atoms with van der Waals surface area (Å²) in [6, 6.07) is 6.06. The molecule has 7 heteroatoms. The smallest absolute Gasteiger partial charge is 0.408 e. The zero-order valence-electron chi connectivity index (χ0n) is 22.3. The molecule has 1 aromatic rings. The van der Waals surface area contributed by atoms with Crippen LogP contribution in [0.1, 0.15) is 84.5 Å². The Balaban J connectivity index is 3.47. The normalized spacial score (nSPS) is 13.5. The van der Waals surface area contributed by atoms with Crippen LogP contribution >= 0.6 is 0 Å². The van der Waals surface area contributed by atoms with Crippen LogP contribution in [-0.4, -0.2) is 40.0 Å². The third-order valence-electron chi connectivity index (χ3n) is 4.64. The Bertz CT molecular complexity index is 912. The first kappa shape index (κ1) is 29.0. The van der Waals surface area contributed by atoms with Crippen molar-refractivity contribution in [2.24, 2.45) is 5.92 Å². The Morgan fingerprint density at radius 2 is 1.56 bits per heavy atom. The minimum absolute atomic E-state index is 0.0755. The van der Waals surface area contributed by atoms with Crippen molar-refractivity contribution in [1.82, 2.24) is 15.5 Å². The molecule has 0 aromatic heterocycles. The van der Waals surface area contributed by atoms with E-state index in [-0.39, 0.29) is 5.92 Å². The lowest BCUT2D eigenvalue weighted by Gasteiger charge is -2.33. The third kappa shape index (κ3) is 9.46. The third-order valence-corrected chi connectivity index (χ3v) is 4.64. The minimum atomic E-state index is -1.06. The molecule has 7 nitrogen and oxygen atoms in total. The van der Waals surface area contributed by atoms with Gasteiger partial charge in [0.15, 0.2) is 0 Å². The maximum absolute atomic E-state index is 13.7. The molecule has 188 valence electrons. The fourth-order valence-corrected chi connectivity index (χ4v) is 3.60. The zero-order chi connectivity index (χ0) is 26.4. The molecule has 2 atom stereocenters. The molecule has 0 spiro atoms. The van der Waals surface area contributed by atoms with Crippen molar-refractivity contribution in [3.8, 4) is 12.5 Å². The highest BCUT2D eigenvalue weighted by molar-refractivity contribution is 5.93. The first-order valence-corrected chi connectivity index (χ1v) is 11.6. The summed E-state index contributed by atoms with van der Waals surface area (Å²) in [5.41, 5.74) is 1.22. The van der Waals surface area contributed by atoms with Gasteiger partial charge in [-0.25, -0.2) is 4.79 Å². The second kappa shape index (κ2) is 11.4. The quantitative estimate of drug-likeness (QED) is 0.449. The number of nitrogens with one attached hydrogen (secondary N) is 2. The number of alkyl carbamates (subject to hydrolysis) is 1. The van der Waals surface area contributed by atoms with E-state index in [4.69, 9.17) is 11.2 Å². The van der Waals surface area contributed by atoms with E-state index in [0.717, 1.165) is 16.0 Å². The number of aryl methyl sites for hydroxylation is 2. The summed E-state index contributed by atoms with van der Waals surface area (Å²) >= 11 is 0. The van der Waals surface area contributed by atoms with Crippen LogP contribution in [0.4, 0.5) is 4.79 Å². The van der Waals surface area contributed by atoms with Crippen molar-refractivity contribution in [1.29, 1.82) is 0 Å². The summed E-state index contributed by atoms with van der Waals surface area (Å²) in [7, 11) is 0. The Labute approximate surface area is 205 Å².